The first-order valence-electron chi connectivity index (χ1n) is 5.46. The number of carbonyl (C=O) groups excluding carboxylic acids is 1. The Morgan fingerprint density at radius 2 is 2.25 bits per heavy atom. The van der Waals surface area contributed by atoms with E-state index in [1.165, 1.54) is 0 Å². The Hall–Kier alpha value is -0.268. The Morgan fingerprint density at radius 3 is 2.69 bits per heavy atom. The number of carbonyl (C=O) groups is 1. The molecule has 1 aliphatic rings. The molecule has 16 heavy (non-hydrogen) atoms. The van der Waals surface area contributed by atoms with Crippen molar-refractivity contribution in [2.24, 2.45) is 0 Å². The normalized spacial score (nSPS) is 20.9. The molecule has 1 N–H and O–H groups in total. The van der Waals surface area contributed by atoms with E-state index in [1.807, 2.05) is 20.8 Å². The maximum absolute atomic E-state index is 11.5. The van der Waals surface area contributed by atoms with E-state index in [-0.39, 0.29) is 12.1 Å². The number of nitrogens with one attached hydrogen (secondary N) is 1. The van der Waals surface area contributed by atoms with Crippen LogP contribution in [-0.2, 0) is 7.42 Å². The average Bonchev–Trinajstić information content (AvgIpc) is 2.16. The quantitative estimate of drug-likeness (QED) is 0.701. The molecule has 0 bridgehead atoms. The van der Waals surface area contributed by atoms with Crippen molar-refractivity contribution < 1.29 is 12.2 Å². The Bertz CT molecular complexity index is 283. The molecule has 88 valence electrons. The number of allylic oxidation sites excluding steroid dienone is 1. The summed E-state index contributed by atoms with van der Waals surface area (Å²) in [6.07, 6.45) is 4.41. The van der Waals surface area contributed by atoms with Gasteiger partial charge in [0.25, 0.3) is 0 Å². The van der Waals surface area contributed by atoms with Crippen LogP contribution in [0.15, 0.2) is 11.8 Å². The fourth-order valence-electron chi connectivity index (χ4n) is 1.52. The van der Waals surface area contributed by atoms with Crippen LogP contribution < -0.4 is 5.32 Å². The van der Waals surface area contributed by atoms with Crippen LogP contribution in [0.5, 0.6) is 0 Å². The summed E-state index contributed by atoms with van der Waals surface area (Å²) >= 11 is 0.548. The van der Waals surface area contributed by atoms with Crippen LogP contribution in [0.3, 0.4) is 0 Å². The molecule has 0 aromatic rings. The molecule has 1 aliphatic carbocycles. The van der Waals surface area contributed by atoms with E-state index in [9.17, 15) is 4.79 Å². The topological polar surface area (TPSA) is 47.6 Å². The van der Waals surface area contributed by atoms with Gasteiger partial charge in [0, 0.05) is 0 Å². The van der Waals surface area contributed by atoms with E-state index >= 15 is 0 Å². The van der Waals surface area contributed by atoms with Crippen molar-refractivity contribution in [3.63, 3.8) is 0 Å². The van der Waals surface area contributed by atoms with Crippen LogP contribution in [0, 0.1) is 0 Å². The second-order valence-corrected chi connectivity index (χ2v) is 5.82. The van der Waals surface area contributed by atoms with Gasteiger partial charge in [-0.05, 0) is 0 Å². The monoisotopic (exact) mass is 417 g/mol. The molecule has 1 unspecified atom stereocenters. The summed E-state index contributed by atoms with van der Waals surface area (Å²) in [5, 5.41) is 2.87. The summed E-state index contributed by atoms with van der Waals surface area (Å²) in [5.41, 5.74) is -0.432. The zero-order valence-electron chi connectivity index (χ0n) is 10.1. The van der Waals surface area contributed by atoms with E-state index in [1.54, 1.807) is 0 Å². The third-order valence-corrected chi connectivity index (χ3v) is 3.42. The summed E-state index contributed by atoms with van der Waals surface area (Å²) in [4.78, 5) is 11.5. The standard InChI is InChI=1S/C11H19NO3.Tl/c1-11(2,3)15-10(14)12-8-4-6-9(13)7-5-8;/h6,8,13H,4-5,7H2,1-3H3,(H,12,14);/q;+1/p-1. The number of hydrogen-bond acceptors (Lipinski definition) is 3. The van der Waals surface area contributed by atoms with Crippen molar-refractivity contribution >= 4 is 32.3 Å². The van der Waals surface area contributed by atoms with Gasteiger partial charge in [0.1, 0.15) is 0 Å². The van der Waals surface area contributed by atoms with Gasteiger partial charge in [-0.25, -0.2) is 0 Å². The van der Waals surface area contributed by atoms with Gasteiger partial charge in [0.15, 0.2) is 0 Å². The summed E-state index contributed by atoms with van der Waals surface area (Å²) in [6, 6.07) is 0.179. The molecular weight excluding hydrogens is 399 g/mol. The van der Waals surface area contributed by atoms with Crippen LogP contribution in [-0.4, -0.2) is 44.0 Å². The van der Waals surface area contributed by atoms with Crippen LogP contribution in [0.1, 0.15) is 40.0 Å². The number of hydrogen-bond donors (Lipinski definition) is 1. The summed E-state index contributed by atoms with van der Waals surface area (Å²) in [6.45, 7) is 5.59. The van der Waals surface area contributed by atoms with Crippen molar-refractivity contribution in [2.75, 3.05) is 0 Å². The predicted octanol–water partition coefficient (Wildman–Crippen LogP) is 2.05. The van der Waals surface area contributed by atoms with Crippen LogP contribution in [0.25, 0.3) is 0 Å². The molecule has 5 heteroatoms. The molecule has 1 atom stereocenters. The van der Waals surface area contributed by atoms with Crippen molar-refractivity contribution in [3.8, 4) is 0 Å². The van der Waals surface area contributed by atoms with E-state index in [0.29, 0.717) is 26.2 Å². The number of ether oxygens (including phenoxy) is 1. The second kappa shape index (κ2) is 5.88. The first-order chi connectivity index (χ1) is 7.40. The maximum atomic E-state index is 11.5. The van der Waals surface area contributed by atoms with Gasteiger partial charge in [-0.15, -0.1) is 0 Å². The average molecular weight is 417 g/mol. The van der Waals surface area contributed by atoms with Gasteiger partial charge >= 0.3 is 113 Å². The van der Waals surface area contributed by atoms with Crippen molar-refractivity contribution in [1.82, 2.24) is 5.32 Å². The third-order valence-electron chi connectivity index (χ3n) is 2.24. The van der Waals surface area contributed by atoms with E-state index < -0.39 is 5.60 Å². The fourth-order valence-corrected chi connectivity index (χ4v) is 2.35. The number of amides is 1. The Balaban J connectivity index is 2.34. The predicted molar refractivity (Wildman–Crippen MR) is 61.9 cm³/mol. The third kappa shape index (κ3) is 5.18. The van der Waals surface area contributed by atoms with E-state index in [0.717, 1.165) is 25.0 Å². The van der Waals surface area contributed by atoms with Crippen molar-refractivity contribution in [3.05, 3.63) is 11.8 Å². The number of rotatable bonds is 2. The molecule has 0 saturated carbocycles. The molecule has 0 radical (unpaired) electrons. The van der Waals surface area contributed by atoms with Crippen LogP contribution in [0.4, 0.5) is 4.79 Å². The molecule has 0 heterocycles. The molecule has 0 aromatic heterocycles. The Labute approximate surface area is 113 Å². The van der Waals surface area contributed by atoms with Gasteiger partial charge in [0.05, 0.1) is 0 Å². The van der Waals surface area contributed by atoms with Gasteiger partial charge in [-0.2, -0.15) is 0 Å². The first-order valence-corrected chi connectivity index (χ1v) is 7.29. The van der Waals surface area contributed by atoms with E-state index in [2.05, 4.69) is 11.4 Å². The molecule has 0 aromatic carbocycles. The van der Waals surface area contributed by atoms with Gasteiger partial charge in [-0.3, -0.25) is 0 Å². The SMILES string of the molecule is CC(C)(C)OC(=O)NC1CC=C([O][Tl])CC1. The van der Waals surface area contributed by atoms with Gasteiger partial charge in [0.2, 0.25) is 0 Å². The number of alkyl carbamates (subject to hydrolysis) is 1. The Morgan fingerprint density at radius 1 is 1.56 bits per heavy atom. The zero-order valence-corrected chi connectivity index (χ0v) is 14.6. The summed E-state index contributed by atoms with van der Waals surface area (Å²) in [7, 11) is 0. The van der Waals surface area contributed by atoms with Crippen molar-refractivity contribution in [1.29, 1.82) is 0 Å². The first kappa shape index (κ1) is 13.8. The molecule has 0 aliphatic heterocycles. The zero-order chi connectivity index (χ0) is 12.2. The fraction of sp³-hybridized carbons (Fsp3) is 0.727. The van der Waals surface area contributed by atoms with Crippen LogP contribution in [0.2, 0.25) is 0 Å². The molecule has 0 saturated heterocycles. The van der Waals surface area contributed by atoms with Crippen LogP contribution >= 0.6 is 0 Å². The minimum atomic E-state index is -0.432. The molecule has 0 fully saturated rings. The molecule has 1 amide bonds. The van der Waals surface area contributed by atoms with E-state index in [4.69, 9.17) is 7.42 Å². The summed E-state index contributed by atoms with van der Waals surface area (Å²) in [5.74, 6) is 1.08. The second-order valence-electron chi connectivity index (χ2n) is 4.91. The van der Waals surface area contributed by atoms with Gasteiger partial charge < -0.3 is 0 Å². The summed E-state index contributed by atoms with van der Waals surface area (Å²) < 4.78 is 10.5. The molecule has 0 spiro atoms. The van der Waals surface area contributed by atoms with Crippen molar-refractivity contribution in [2.45, 2.75) is 51.7 Å². The molecule has 4 nitrogen and oxygen atoms in total. The molecular formula is C11H18NO3Tl. The molecule has 1 rings (SSSR count). The minimum absolute atomic E-state index is 0.179. The Kier molecular flexibility index (Phi) is 5.07. The van der Waals surface area contributed by atoms with Gasteiger partial charge in [-0.1, -0.05) is 0 Å².